The number of carbonyl (C=O) groups excluding carboxylic acids is 1. The minimum absolute atomic E-state index is 0.0393. The van der Waals surface area contributed by atoms with E-state index in [9.17, 15) is 13.2 Å². The van der Waals surface area contributed by atoms with Crippen LogP contribution in [0.4, 0.5) is 20.8 Å². The molecule has 1 amide bonds. The summed E-state index contributed by atoms with van der Waals surface area (Å²) in [6.07, 6.45) is 3.65. The average molecular weight is 581 g/mol. The van der Waals surface area contributed by atoms with Crippen molar-refractivity contribution in [3.63, 3.8) is 0 Å². The molecule has 1 saturated carbocycles. The molecular weight excluding hydrogens is 551 g/mol. The standard InChI is InChI=1S/C25H30ClFN6O5S/c1-13(30-24(34)38-25(2,3)4)12-29-23-28-9-8-17(31-23)21-20(32-22(37-21)14-6-7-14)16-10-15(26)11-18(19(16)27)33-39(5,35)36/h8-11,13-14,33H,6-7,12H2,1-5H3,(H,30,34)(H,28,29,31)/t13-/m0/s1. The minimum atomic E-state index is -3.77. The van der Waals surface area contributed by atoms with Gasteiger partial charge in [0.05, 0.1) is 11.9 Å². The van der Waals surface area contributed by atoms with Crippen molar-refractivity contribution in [1.82, 2.24) is 20.3 Å². The fourth-order valence-electron chi connectivity index (χ4n) is 3.61. The Balaban J connectivity index is 1.62. The van der Waals surface area contributed by atoms with Gasteiger partial charge in [0.15, 0.2) is 17.5 Å². The third-order valence-electron chi connectivity index (χ3n) is 5.38. The number of sulfonamides is 1. The molecule has 11 nitrogen and oxygen atoms in total. The van der Waals surface area contributed by atoms with Crippen molar-refractivity contribution in [2.24, 2.45) is 0 Å². The van der Waals surface area contributed by atoms with E-state index in [-0.39, 0.29) is 45.6 Å². The number of aromatic nitrogens is 3. The van der Waals surface area contributed by atoms with Crippen molar-refractivity contribution >= 4 is 39.4 Å². The first kappa shape index (κ1) is 28.6. The first-order valence-electron chi connectivity index (χ1n) is 12.2. The van der Waals surface area contributed by atoms with E-state index in [1.54, 1.807) is 33.8 Å². The van der Waals surface area contributed by atoms with E-state index >= 15 is 4.39 Å². The lowest BCUT2D eigenvalue weighted by Crippen LogP contribution is -2.41. The van der Waals surface area contributed by atoms with Crippen LogP contribution in [-0.2, 0) is 14.8 Å². The molecule has 0 radical (unpaired) electrons. The van der Waals surface area contributed by atoms with E-state index in [1.165, 1.54) is 18.3 Å². The van der Waals surface area contributed by atoms with E-state index in [2.05, 4.69) is 30.3 Å². The number of oxazole rings is 1. The van der Waals surface area contributed by atoms with Gasteiger partial charge in [0.25, 0.3) is 0 Å². The summed E-state index contributed by atoms with van der Waals surface area (Å²) in [6.45, 7) is 7.42. The van der Waals surface area contributed by atoms with E-state index in [1.807, 2.05) is 0 Å². The molecule has 0 bridgehead atoms. The van der Waals surface area contributed by atoms with Crippen LogP contribution in [0.15, 0.2) is 28.8 Å². The summed E-state index contributed by atoms with van der Waals surface area (Å²) in [4.78, 5) is 25.3. The number of halogens is 2. The van der Waals surface area contributed by atoms with Crippen LogP contribution in [0.3, 0.4) is 0 Å². The van der Waals surface area contributed by atoms with Gasteiger partial charge in [-0.3, -0.25) is 4.72 Å². The van der Waals surface area contributed by atoms with Crippen LogP contribution < -0.4 is 15.4 Å². The highest BCUT2D eigenvalue weighted by atomic mass is 35.5. The summed E-state index contributed by atoms with van der Waals surface area (Å²) in [7, 11) is -3.77. The molecule has 1 aliphatic carbocycles. The van der Waals surface area contributed by atoms with Crippen molar-refractivity contribution in [2.45, 2.75) is 58.1 Å². The van der Waals surface area contributed by atoms with Gasteiger partial charge >= 0.3 is 6.09 Å². The molecule has 3 N–H and O–H groups in total. The van der Waals surface area contributed by atoms with Crippen LogP contribution >= 0.6 is 11.6 Å². The number of anilines is 2. The number of rotatable bonds is 9. The molecule has 1 atom stereocenters. The zero-order chi connectivity index (χ0) is 28.5. The molecule has 210 valence electrons. The van der Waals surface area contributed by atoms with Crippen LogP contribution in [0.25, 0.3) is 22.7 Å². The van der Waals surface area contributed by atoms with Crippen molar-refractivity contribution in [1.29, 1.82) is 0 Å². The second kappa shape index (κ2) is 11.0. The predicted octanol–water partition coefficient (Wildman–Crippen LogP) is 5.17. The number of alkyl carbamates (subject to hydrolysis) is 1. The summed E-state index contributed by atoms with van der Waals surface area (Å²) in [5.74, 6) is 0.115. The Morgan fingerprint density at radius 2 is 2.00 bits per heavy atom. The van der Waals surface area contributed by atoms with Gasteiger partial charge in [-0.05, 0) is 58.7 Å². The number of benzene rings is 1. The Bertz CT molecular complexity index is 1490. The van der Waals surface area contributed by atoms with E-state index in [0.29, 0.717) is 18.1 Å². The number of hydrogen-bond donors (Lipinski definition) is 3. The van der Waals surface area contributed by atoms with Crippen LogP contribution in [0.1, 0.15) is 52.3 Å². The first-order valence-corrected chi connectivity index (χ1v) is 14.5. The SMILES string of the molecule is C[C@@H](CNc1nccc(-c2oc(C3CC3)nc2-c2cc(Cl)cc(NS(C)(=O)=O)c2F)n1)NC(=O)OC(C)(C)C. The molecule has 1 aliphatic rings. The van der Waals surface area contributed by atoms with Gasteiger partial charge in [-0.15, -0.1) is 0 Å². The molecule has 0 aliphatic heterocycles. The van der Waals surface area contributed by atoms with Gasteiger partial charge in [0.1, 0.15) is 17.0 Å². The highest BCUT2D eigenvalue weighted by Gasteiger charge is 2.32. The van der Waals surface area contributed by atoms with Gasteiger partial charge in [-0.25, -0.2) is 32.6 Å². The normalized spacial score (nSPS) is 14.5. The third kappa shape index (κ3) is 7.79. The second-order valence-corrected chi connectivity index (χ2v) is 12.6. The number of nitrogens with zero attached hydrogens (tertiary/aromatic N) is 3. The van der Waals surface area contributed by atoms with Crippen LogP contribution in [0, 0.1) is 5.82 Å². The lowest BCUT2D eigenvalue weighted by molar-refractivity contribution is 0.0511. The van der Waals surface area contributed by atoms with Crippen molar-refractivity contribution in [3.8, 4) is 22.7 Å². The number of carbonyl (C=O) groups is 1. The van der Waals surface area contributed by atoms with Crippen LogP contribution in [0.2, 0.25) is 5.02 Å². The highest BCUT2D eigenvalue weighted by molar-refractivity contribution is 7.92. The van der Waals surface area contributed by atoms with Crippen molar-refractivity contribution in [3.05, 3.63) is 41.1 Å². The topological polar surface area (TPSA) is 148 Å². The molecule has 2 heterocycles. The van der Waals surface area contributed by atoms with Crippen molar-refractivity contribution in [2.75, 3.05) is 22.8 Å². The monoisotopic (exact) mass is 580 g/mol. The Morgan fingerprint density at radius 3 is 2.64 bits per heavy atom. The maximum atomic E-state index is 15.5. The molecule has 2 aromatic heterocycles. The number of ether oxygens (including phenoxy) is 1. The fraction of sp³-hybridized carbons (Fsp3) is 0.440. The Morgan fingerprint density at radius 1 is 1.28 bits per heavy atom. The quantitative estimate of drug-likeness (QED) is 0.312. The molecule has 39 heavy (non-hydrogen) atoms. The molecule has 0 unspecified atom stereocenters. The van der Waals surface area contributed by atoms with Crippen LogP contribution in [0.5, 0.6) is 0 Å². The Labute approximate surface area is 231 Å². The highest BCUT2D eigenvalue weighted by Crippen LogP contribution is 2.44. The summed E-state index contributed by atoms with van der Waals surface area (Å²) in [6, 6.07) is 3.82. The molecule has 14 heteroatoms. The smallest absolute Gasteiger partial charge is 0.407 e. The largest absolute Gasteiger partial charge is 0.444 e. The summed E-state index contributed by atoms with van der Waals surface area (Å²) in [5, 5.41) is 5.89. The third-order valence-corrected chi connectivity index (χ3v) is 6.18. The predicted molar refractivity (Wildman–Crippen MR) is 146 cm³/mol. The summed E-state index contributed by atoms with van der Waals surface area (Å²) in [5.41, 5.74) is -0.502. The van der Waals surface area contributed by atoms with Gasteiger partial charge < -0.3 is 19.8 Å². The molecule has 1 aromatic carbocycles. The lowest BCUT2D eigenvalue weighted by atomic mass is 10.1. The molecule has 0 saturated heterocycles. The van der Waals surface area contributed by atoms with E-state index in [0.717, 1.165) is 19.1 Å². The molecular formula is C25H30ClFN6O5S. The fourth-order valence-corrected chi connectivity index (χ4v) is 4.37. The van der Waals surface area contributed by atoms with Gasteiger partial charge in [0, 0.05) is 35.3 Å². The molecule has 0 spiro atoms. The molecule has 3 aromatic rings. The summed E-state index contributed by atoms with van der Waals surface area (Å²) >= 11 is 6.21. The maximum absolute atomic E-state index is 15.5. The van der Waals surface area contributed by atoms with Gasteiger partial charge in [0.2, 0.25) is 16.0 Å². The van der Waals surface area contributed by atoms with Crippen molar-refractivity contribution < 1.29 is 26.8 Å². The second-order valence-electron chi connectivity index (χ2n) is 10.4. The van der Waals surface area contributed by atoms with E-state index < -0.39 is 27.5 Å². The molecule has 4 rings (SSSR count). The maximum Gasteiger partial charge on any atom is 0.407 e. The summed E-state index contributed by atoms with van der Waals surface area (Å²) < 4.78 is 52.5. The van der Waals surface area contributed by atoms with E-state index in [4.69, 9.17) is 20.8 Å². The number of amides is 1. The zero-order valence-electron chi connectivity index (χ0n) is 22.1. The first-order chi connectivity index (χ1) is 18.2. The Hall–Kier alpha value is -3.45. The van der Waals surface area contributed by atoms with Gasteiger partial charge in [-0.1, -0.05) is 11.6 Å². The van der Waals surface area contributed by atoms with Gasteiger partial charge in [-0.2, -0.15) is 0 Å². The zero-order valence-corrected chi connectivity index (χ0v) is 23.7. The number of hydrogen-bond acceptors (Lipinski definition) is 9. The lowest BCUT2D eigenvalue weighted by Gasteiger charge is -2.22. The average Bonchev–Trinajstić information content (AvgIpc) is 3.56. The van der Waals surface area contributed by atoms with Crippen LogP contribution in [-0.4, -0.2) is 53.9 Å². The number of nitrogens with one attached hydrogen (secondary N) is 3. The minimum Gasteiger partial charge on any atom is -0.444 e. The molecule has 1 fully saturated rings. The Kier molecular flexibility index (Phi) is 8.03.